The lowest BCUT2D eigenvalue weighted by molar-refractivity contribution is -0.117. The average Bonchev–Trinajstić information content (AvgIpc) is 3.69. The maximum Gasteiger partial charge on any atom is 0.332 e. The number of fused-ring (bicyclic) bond motifs is 1. The molecule has 38 heavy (non-hydrogen) atoms. The van der Waals surface area contributed by atoms with Crippen LogP contribution in [0.25, 0.3) is 11.2 Å². The largest absolute Gasteiger partial charge is 0.341 e. The van der Waals surface area contributed by atoms with Crippen LogP contribution in [0.3, 0.4) is 0 Å². The number of imidazole rings is 1. The van der Waals surface area contributed by atoms with Crippen molar-refractivity contribution < 1.29 is 9.59 Å². The molecule has 2 fully saturated rings. The van der Waals surface area contributed by atoms with E-state index in [4.69, 9.17) is 10.7 Å². The number of Topliss-reactive ketones (excluding diaryl/α,β-unsaturated/α-hetero) is 1. The van der Waals surface area contributed by atoms with Gasteiger partial charge in [0.15, 0.2) is 16.9 Å². The summed E-state index contributed by atoms with van der Waals surface area (Å²) >= 11 is 0. The molecule has 0 radical (unpaired) electrons. The third-order valence-electron chi connectivity index (χ3n) is 7.21. The zero-order valence-corrected chi connectivity index (χ0v) is 21.7. The predicted octanol–water partition coefficient (Wildman–Crippen LogP) is 1.63. The van der Waals surface area contributed by atoms with Crippen LogP contribution in [0.15, 0.2) is 46.0 Å². The standard InChI is InChI=1S/C27H33N7O4/c1-3-4-14-33-22-23(30-26(33)32-13-7-8-18(28)15-32)31(2)27(38)34(25(22)37)16-21(35)19-9-5-6-10-20(19)29-24(36)17-11-12-17/h3-6,9-10,17-18H,7-8,11-16,28H2,1-2H3,(H,29,36)/b4-3+/t18-/m0/s1. The van der Waals surface area contributed by atoms with Crippen LogP contribution in [0.1, 0.15) is 43.0 Å². The molecule has 0 spiro atoms. The van der Waals surface area contributed by atoms with E-state index in [-0.39, 0.29) is 34.6 Å². The average molecular weight is 520 g/mol. The van der Waals surface area contributed by atoms with Gasteiger partial charge in [0.1, 0.15) is 0 Å². The summed E-state index contributed by atoms with van der Waals surface area (Å²) in [6, 6.07) is 6.65. The van der Waals surface area contributed by atoms with Gasteiger partial charge >= 0.3 is 5.69 Å². The van der Waals surface area contributed by atoms with Crippen molar-refractivity contribution in [1.82, 2.24) is 18.7 Å². The number of rotatable bonds is 8. The molecule has 3 aromatic rings. The first-order chi connectivity index (χ1) is 18.3. The molecule has 3 N–H and O–H groups in total. The monoisotopic (exact) mass is 519 g/mol. The van der Waals surface area contributed by atoms with Gasteiger partial charge in [-0.05, 0) is 44.7 Å². The number of carbonyl (C=O) groups excluding carboxylic acids is 2. The van der Waals surface area contributed by atoms with Crippen molar-refractivity contribution in [2.45, 2.75) is 51.7 Å². The summed E-state index contributed by atoms with van der Waals surface area (Å²) in [7, 11) is 1.55. The maximum atomic E-state index is 13.8. The number of nitrogens with zero attached hydrogens (tertiary/aromatic N) is 5. The van der Waals surface area contributed by atoms with E-state index in [0.717, 1.165) is 36.8 Å². The van der Waals surface area contributed by atoms with Crippen LogP contribution in [0, 0.1) is 5.92 Å². The number of aromatic nitrogens is 4. The van der Waals surface area contributed by atoms with Gasteiger partial charge in [0, 0.05) is 44.2 Å². The van der Waals surface area contributed by atoms with Gasteiger partial charge in [0.25, 0.3) is 5.56 Å². The molecule has 5 rings (SSSR count). The Bertz CT molecular complexity index is 1540. The van der Waals surface area contributed by atoms with Crippen molar-refractivity contribution in [1.29, 1.82) is 0 Å². The number of piperidine rings is 1. The van der Waals surface area contributed by atoms with Gasteiger partial charge in [-0.15, -0.1) is 0 Å². The number of hydrogen-bond donors (Lipinski definition) is 2. The van der Waals surface area contributed by atoms with E-state index in [9.17, 15) is 19.2 Å². The molecule has 2 aromatic heterocycles. The zero-order chi connectivity index (χ0) is 27.0. The number of allylic oxidation sites excluding steroid dienone is 2. The lowest BCUT2D eigenvalue weighted by Gasteiger charge is -2.31. The summed E-state index contributed by atoms with van der Waals surface area (Å²) in [4.78, 5) is 59.5. The highest BCUT2D eigenvalue weighted by molar-refractivity contribution is 6.05. The molecule has 1 amide bonds. The predicted molar refractivity (Wildman–Crippen MR) is 146 cm³/mol. The fourth-order valence-corrected chi connectivity index (χ4v) is 4.96. The number of carbonyl (C=O) groups is 2. The Balaban J connectivity index is 1.57. The van der Waals surface area contributed by atoms with Gasteiger partial charge in [-0.25, -0.2) is 4.79 Å². The minimum absolute atomic E-state index is 0.00250. The summed E-state index contributed by atoms with van der Waals surface area (Å²) < 4.78 is 4.05. The Kier molecular flexibility index (Phi) is 7.02. The number of nitrogens with one attached hydrogen (secondary N) is 1. The van der Waals surface area contributed by atoms with Crippen LogP contribution >= 0.6 is 0 Å². The summed E-state index contributed by atoms with van der Waals surface area (Å²) in [5.74, 6) is -0.0243. The van der Waals surface area contributed by atoms with E-state index in [1.54, 1.807) is 35.9 Å². The molecule has 1 saturated carbocycles. The number of benzene rings is 1. The summed E-state index contributed by atoms with van der Waals surface area (Å²) in [6.45, 7) is 3.16. The number of amides is 1. The number of anilines is 2. The minimum atomic E-state index is -0.632. The number of para-hydroxylation sites is 1. The van der Waals surface area contributed by atoms with E-state index in [0.29, 0.717) is 24.7 Å². The van der Waals surface area contributed by atoms with E-state index < -0.39 is 23.6 Å². The van der Waals surface area contributed by atoms with E-state index in [1.807, 2.05) is 19.1 Å². The van der Waals surface area contributed by atoms with Crippen LogP contribution in [0.2, 0.25) is 0 Å². The van der Waals surface area contributed by atoms with Gasteiger partial charge in [-0.1, -0.05) is 24.3 Å². The molecule has 2 aliphatic rings. The molecular weight excluding hydrogens is 486 g/mol. The van der Waals surface area contributed by atoms with Crippen LogP contribution in [-0.4, -0.2) is 49.5 Å². The summed E-state index contributed by atoms with van der Waals surface area (Å²) in [6.07, 6.45) is 7.28. The lowest BCUT2D eigenvalue weighted by Crippen LogP contribution is -2.44. The minimum Gasteiger partial charge on any atom is -0.341 e. The van der Waals surface area contributed by atoms with Crippen molar-refractivity contribution in [3.8, 4) is 0 Å². The van der Waals surface area contributed by atoms with E-state index in [1.165, 1.54) is 4.57 Å². The highest BCUT2D eigenvalue weighted by Gasteiger charge is 2.31. The second-order valence-corrected chi connectivity index (χ2v) is 10.1. The zero-order valence-electron chi connectivity index (χ0n) is 21.7. The van der Waals surface area contributed by atoms with Crippen molar-refractivity contribution >= 4 is 34.5 Å². The first kappa shape index (κ1) is 25.7. The molecule has 11 nitrogen and oxygen atoms in total. The fourth-order valence-electron chi connectivity index (χ4n) is 4.96. The summed E-state index contributed by atoms with van der Waals surface area (Å²) in [5.41, 5.74) is 6.14. The molecule has 1 aliphatic heterocycles. The van der Waals surface area contributed by atoms with Gasteiger partial charge in [0.2, 0.25) is 11.9 Å². The van der Waals surface area contributed by atoms with Gasteiger partial charge in [-0.3, -0.25) is 23.5 Å². The highest BCUT2D eigenvalue weighted by atomic mass is 16.2. The Morgan fingerprint density at radius 3 is 2.63 bits per heavy atom. The summed E-state index contributed by atoms with van der Waals surface area (Å²) in [5, 5.41) is 2.82. The molecular formula is C27H33N7O4. The van der Waals surface area contributed by atoms with Crippen LogP contribution in [0.5, 0.6) is 0 Å². The number of hydrogen-bond acceptors (Lipinski definition) is 7. The number of ketones is 1. The molecule has 11 heteroatoms. The Hall–Kier alpha value is -3.99. The Morgan fingerprint density at radius 1 is 1.16 bits per heavy atom. The molecule has 1 aliphatic carbocycles. The van der Waals surface area contributed by atoms with E-state index >= 15 is 0 Å². The third kappa shape index (κ3) is 4.81. The topological polar surface area (TPSA) is 137 Å². The van der Waals surface area contributed by atoms with Crippen molar-refractivity contribution in [3.63, 3.8) is 0 Å². The first-order valence-corrected chi connectivity index (χ1v) is 13.0. The van der Waals surface area contributed by atoms with Crippen LogP contribution in [0.4, 0.5) is 11.6 Å². The second kappa shape index (κ2) is 10.4. The quantitative estimate of drug-likeness (QED) is 0.341. The second-order valence-electron chi connectivity index (χ2n) is 10.1. The van der Waals surface area contributed by atoms with Crippen molar-refractivity contribution in [2.24, 2.45) is 18.7 Å². The van der Waals surface area contributed by atoms with Crippen molar-refractivity contribution in [3.05, 3.63) is 62.8 Å². The fraction of sp³-hybridized carbons (Fsp3) is 0.444. The van der Waals surface area contributed by atoms with E-state index in [2.05, 4.69) is 10.2 Å². The lowest BCUT2D eigenvalue weighted by atomic mass is 10.1. The van der Waals surface area contributed by atoms with Crippen LogP contribution in [-0.2, 0) is 24.9 Å². The molecule has 1 aromatic carbocycles. The first-order valence-electron chi connectivity index (χ1n) is 13.0. The molecule has 0 unspecified atom stereocenters. The molecule has 200 valence electrons. The molecule has 1 saturated heterocycles. The van der Waals surface area contributed by atoms with Gasteiger partial charge in [0.05, 0.1) is 12.2 Å². The maximum absolute atomic E-state index is 13.8. The third-order valence-corrected chi connectivity index (χ3v) is 7.21. The normalized spacial score (nSPS) is 17.9. The smallest absolute Gasteiger partial charge is 0.332 e. The number of aryl methyl sites for hydroxylation is 1. The Labute approximate surface area is 219 Å². The molecule has 1 atom stereocenters. The van der Waals surface area contributed by atoms with Gasteiger partial charge in [-0.2, -0.15) is 4.98 Å². The van der Waals surface area contributed by atoms with Crippen LogP contribution < -0.4 is 27.2 Å². The highest BCUT2D eigenvalue weighted by Crippen LogP contribution is 2.31. The number of nitrogens with two attached hydrogens (primary N) is 1. The molecule has 3 heterocycles. The molecule has 0 bridgehead atoms. The Morgan fingerprint density at radius 2 is 1.92 bits per heavy atom. The SMILES string of the molecule is C/C=C/Cn1c(N2CCC[C@H](N)C2)nc2c1c(=O)n(CC(=O)c1ccccc1NC(=O)C1CC1)c(=O)n2C. The van der Waals surface area contributed by atoms with Crippen molar-refractivity contribution in [2.75, 3.05) is 23.3 Å². The van der Waals surface area contributed by atoms with Gasteiger partial charge < -0.3 is 20.5 Å².